The Morgan fingerprint density at radius 2 is 2.04 bits per heavy atom. The highest BCUT2D eigenvalue weighted by molar-refractivity contribution is 7.99. The maximum atomic E-state index is 11.9. The predicted molar refractivity (Wildman–Crippen MR) is 87.2 cm³/mol. The largest absolute Gasteiger partial charge is 0.335 e. The summed E-state index contributed by atoms with van der Waals surface area (Å²) in [5, 5.41) is 12.8. The Hall–Kier alpha value is -1.57. The minimum absolute atomic E-state index is 0.135. The summed E-state index contributed by atoms with van der Waals surface area (Å²) in [5.74, 6) is 1.68. The van der Waals surface area contributed by atoms with Gasteiger partial charge in [-0.1, -0.05) is 31.5 Å². The van der Waals surface area contributed by atoms with E-state index in [1.165, 1.54) is 18.2 Å². The third-order valence-corrected chi connectivity index (χ3v) is 5.31. The lowest BCUT2D eigenvalue weighted by Crippen LogP contribution is -2.48. The van der Waals surface area contributed by atoms with Crippen molar-refractivity contribution < 1.29 is 9.59 Å². The van der Waals surface area contributed by atoms with Gasteiger partial charge in [-0.05, 0) is 31.6 Å². The molecule has 2 aliphatic rings. The van der Waals surface area contributed by atoms with Crippen LogP contribution in [0.5, 0.6) is 0 Å². The van der Waals surface area contributed by atoms with Crippen LogP contribution in [0.3, 0.4) is 0 Å². The highest BCUT2D eigenvalue weighted by Gasteiger charge is 2.27. The number of thioether (sulfide) groups is 1. The number of hydrogen-bond acceptors (Lipinski definition) is 5. The third-order valence-electron chi connectivity index (χ3n) is 4.46. The van der Waals surface area contributed by atoms with Gasteiger partial charge in [0.1, 0.15) is 5.82 Å². The van der Waals surface area contributed by atoms with Crippen LogP contribution in [0.25, 0.3) is 0 Å². The summed E-state index contributed by atoms with van der Waals surface area (Å²) in [6, 6.07) is -0.235. The van der Waals surface area contributed by atoms with Gasteiger partial charge in [-0.15, -0.1) is 5.10 Å². The van der Waals surface area contributed by atoms with E-state index < -0.39 is 6.03 Å². The Balaban J connectivity index is 1.38. The van der Waals surface area contributed by atoms with Crippen molar-refractivity contribution in [1.82, 2.24) is 25.8 Å². The number of urea groups is 1. The fourth-order valence-electron chi connectivity index (χ4n) is 2.89. The van der Waals surface area contributed by atoms with Crippen molar-refractivity contribution in [3.63, 3.8) is 0 Å². The SMILES string of the molecule is CC1CCCCC1NC(=O)NC(=O)CSc1n[nH]c(C2CC2)n1. The summed E-state index contributed by atoms with van der Waals surface area (Å²) in [4.78, 5) is 28.1. The second-order valence-electron chi connectivity index (χ2n) is 6.46. The monoisotopic (exact) mass is 337 g/mol. The molecule has 2 fully saturated rings. The van der Waals surface area contributed by atoms with E-state index >= 15 is 0 Å². The number of nitrogens with one attached hydrogen (secondary N) is 3. The number of nitrogens with zero attached hydrogens (tertiary/aromatic N) is 2. The molecule has 0 aliphatic heterocycles. The first-order valence-corrected chi connectivity index (χ1v) is 9.26. The molecular formula is C15H23N5O2S. The smallest absolute Gasteiger partial charge is 0.321 e. The van der Waals surface area contributed by atoms with E-state index in [-0.39, 0.29) is 17.7 Å². The van der Waals surface area contributed by atoms with Crippen molar-refractivity contribution in [3.05, 3.63) is 5.82 Å². The maximum absolute atomic E-state index is 11.9. The molecule has 1 heterocycles. The zero-order valence-electron chi connectivity index (χ0n) is 13.3. The van der Waals surface area contributed by atoms with Gasteiger partial charge in [-0.2, -0.15) is 0 Å². The first-order chi connectivity index (χ1) is 11.1. The highest BCUT2D eigenvalue weighted by Crippen LogP contribution is 2.38. The number of carbonyl (C=O) groups excluding carboxylic acids is 2. The van der Waals surface area contributed by atoms with Crippen LogP contribution in [-0.4, -0.2) is 38.9 Å². The first kappa shape index (κ1) is 16.3. The normalized spacial score (nSPS) is 24.2. The average Bonchev–Trinajstić information content (AvgIpc) is 3.26. The zero-order valence-corrected chi connectivity index (χ0v) is 14.1. The van der Waals surface area contributed by atoms with E-state index in [9.17, 15) is 9.59 Å². The second-order valence-corrected chi connectivity index (χ2v) is 7.40. The van der Waals surface area contributed by atoms with Gasteiger partial charge in [0.2, 0.25) is 11.1 Å². The molecule has 0 spiro atoms. The first-order valence-electron chi connectivity index (χ1n) is 8.27. The molecule has 1 aromatic heterocycles. The number of aromatic amines is 1. The number of imide groups is 1. The van der Waals surface area contributed by atoms with Crippen molar-refractivity contribution in [2.45, 2.75) is 62.6 Å². The molecular weight excluding hydrogens is 314 g/mol. The topological polar surface area (TPSA) is 99.8 Å². The van der Waals surface area contributed by atoms with Gasteiger partial charge in [0.05, 0.1) is 5.75 Å². The molecule has 3 N–H and O–H groups in total. The standard InChI is InChI=1S/C15H23N5O2S/c1-9-4-2-3-5-11(9)16-14(22)17-12(21)8-23-15-18-13(19-20-15)10-6-7-10/h9-11H,2-8H2,1H3,(H,18,19,20)(H2,16,17,21,22). The summed E-state index contributed by atoms with van der Waals surface area (Å²) >= 11 is 1.24. The summed E-state index contributed by atoms with van der Waals surface area (Å²) < 4.78 is 0. The molecule has 2 aliphatic carbocycles. The lowest BCUT2D eigenvalue weighted by molar-refractivity contribution is -0.117. The van der Waals surface area contributed by atoms with Crippen LogP contribution >= 0.6 is 11.8 Å². The van der Waals surface area contributed by atoms with Crippen LogP contribution in [-0.2, 0) is 4.79 Å². The fraction of sp³-hybridized carbons (Fsp3) is 0.733. The Kier molecular flexibility index (Phi) is 5.20. The summed E-state index contributed by atoms with van der Waals surface area (Å²) in [7, 11) is 0. The van der Waals surface area contributed by atoms with Crippen molar-refractivity contribution in [2.75, 3.05) is 5.75 Å². The van der Waals surface area contributed by atoms with Crippen molar-refractivity contribution in [3.8, 4) is 0 Å². The molecule has 3 amide bonds. The molecule has 126 valence electrons. The van der Waals surface area contributed by atoms with Crippen molar-refractivity contribution in [2.24, 2.45) is 5.92 Å². The van der Waals surface area contributed by atoms with Gasteiger partial charge in [-0.25, -0.2) is 9.78 Å². The molecule has 3 rings (SSSR count). The van der Waals surface area contributed by atoms with Crippen molar-refractivity contribution in [1.29, 1.82) is 0 Å². The number of carbonyl (C=O) groups is 2. The van der Waals surface area contributed by atoms with E-state index in [0.717, 1.165) is 37.9 Å². The zero-order chi connectivity index (χ0) is 16.2. The van der Waals surface area contributed by atoms with Gasteiger partial charge < -0.3 is 5.32 Å². The molecule has 1 aromatic rings. The summed E-state index contributed by atoms with van der Waals surface area (Å²) in [6.07, 6.45) is 6.77. The molecule has 0 aromatic carbocycles. The fourth-order valence-corrected chi connectivity index (χ4v) is 3.50. The number of aromatic nitrogens is 3. The average molecular weight is 337 g/mol. The quantitative estimate of drug-likeness (QED) is 0.715. The van der Waals surface area contributed by atoms with Crippen LogP contribution in [0, 0.1) is 5.92 Å². The molecule has 0 radical (unpaired) electrons. The molecule has 2 unspecified atom stereocenters. The van der Waals surface area contributed by atoms with Crippen LogP contribution in [0.4, 0.5) is 4.79 Å². The molecule has 0 bridgehead atoms. The molecule has 23 heavy (non-hydrogen) atoms. The number of H-pyrrole nitrogens is 1. The van der Waals surface area contributed by atoms with Gasteiger partial charge in [-0.3, -0.25) is 15.2 Å². The van der Waals surface area contributed by atoms with Gasteiger partial charge in [0.25, 0.3) is 0 Å². The number of hydrogen-bond donors (Lipinski definition) is 3. The Labute approximate surface area is 139 Å². The summed E-state index contributed by atoms with van der Waals surface area (Å²) in [6.45, 7) is 2.14. The van der Waals surface area contributed by atoms with E-state index in [2.05, 4.69) is 32.7 Å². The van der Waals surface area contributed by atoms with Gasteiger partial charge in [0.15, 0.2) is 0 Å². The van der Waals surface area contributed by atoms with Gasteiger partial charge in [0, 0.05) is 12.0 Å². The van der Waals surface area contributed by atoms with Gasteiger partial charge >= 0.3 is 6.03 Å². The highest BCUT2D eigenvalue weighted by atomic mass is 32.2. The molecule has 2 atom stereocenters. The van der Waals surface area contributed by atoms with Crippen LogP contribution < -0.4 is 10.6 Å². The number of amides is 3. The maximum Gasteiger partial charge on any atom is 0.321 e. The minimum Gasteiger partial charge on any atom is -0.335 e. The molecule has 8 heteroatoms. The Morgan fingerprint density at radius 1 is 1.26 bits per heavy atom. The van der Waals surface area contributed by atoms with Crippen LogP contribution in [0.1, 0.15) is 57.2 Å². The van der Waals surface area contributed by atoms with Crippen LogP contribution in [0.15, 0.2) is 5.16 Å². The third kappa shape index (κ3) is 4.70. The lowest BCUT2D eigenvalue weighted by atomic mass is 9.86. The second kappa shape index (κ2) is 7.33. The predicted octanol–water partition coefficient (Wildman–Crippen LogP) is 2.18. The Bertz CT molecular complexity index is 572. The van der Waals surface area contributed by atoms with E-state index in [1.807, 2.05) is 0 Å². The minimum atomic E-state index is -0.400. The van der Waals surface area contributed by atoms with E-state index in [0.29, 0.717) is 17.0 Å². The Morgan fingerprint density at radius 3 is 2.78 bits per heavy atom. The van der Waals surface area contributed by atoms with Crippen molar-refractivity contribution >= 4 is 23.7 Å². The summed E-state index contributed by atoms with van der Waals surface area (Å²) in [5.41, 5.74) is 0. The van der Waals surface area contributed by atoms with E-state index in [1.54, 1.807) is 0 Å². The molecule has 7 nitrogen and oxygen atoms in total. The lowest BCUT2D eigenvalue weighted by Gasteiger charge is -2.29. The van der Waals surface area contributed by atoms with E-state index in [4.69, 9.17) is 0 Å². The number of rotatable bonds is 5. The molecule has 2 saturated carbocycles. The van der Waals surface area contributed by atoms with Crippen LogP contribution in [0.2, 0.25) is 0 Å². The molecule has 0 saturated heterocycles.